The molecule has 128 heavy (non-hydrogen) atoms. The number of ether oxygens (including phenoxy) is 4. The number of carboxylic acids is 1. The first-order chi connectivity index (χ1) is 59.6. The van der Waals surface area contributed by atoms with Gasteiger partial charge in [0.1, 0.15) is 71.2 Å². The second-order valence-corrected chi connectivity index (χ2v) is 36.3. The maximum Gasteiger partial charge on any atom is 0.408 e. The topological polar surface area (TPSA) is 597 Å². The van der Waals surface area contributed by atoms with Gasteiger partial charge < -0.3 is 119 Å². The van der Waals surface area contributed by atoms with Crippen LogP contribution in [-0.2, 0) is 86.1 Å². The van der Waals surface area contributed by atoms with Gasteiger partial charge in [-0.15, -0.1) is 0 Å². The van der Waals surface area contributed by atoms with Gasteiger partial charge in [0.2, 0.25) is 41.4 Å². The molecule has 0 rings (SSSR count). The fourth-order valence-corrected chi connectivity index (χ4v) is 12.5. The fraction of sp³-hybridized carbons (Fsp3) is 0.786. The van der Waals surface area contributed by atoms with Crippen molar-refractivity contribution in [1.29, 1.82) is 0 Å². The van der Waals surface area contributed by atoms with Crippen molar-refractivity contribution in [2.24, 2.45) is 17.2 Å². The Hall–Kier alpha value is -10.0. The average molecular weight is 1830 g/mol. The maximum absolute atomic E-state index is 17.7. The van der Waals surface area contributed by atoms with Crippen LogP contribution in [0.1, 0.15) is 218 Å². The first-order valence-electron chi connectivity index (χ1n) is 43.9. The largest absolute Gasteiger partial charge is 0.480 e. The Morgan fingerprint density at radius 1 is 0.266 bits per heavy atom. The fourth-order valence-electron chi connectivity index (χ4n) is 12.5. The highest BCUT2D eigenvalue weighted by Crippen LogP contribution is 2.28. The van der Waals surface area contributed by atoms with Crippen molar-refractivity contribution < 1.29 is 110 Å². The molecule has 0 aliphatic heterocycles. The molecular formula is C84H155N21O23. The molecule has 0 aromatic rings. The molecule has 734 valence electrons. The molecule has 0 saturated carbocycles. The molecule has 0 bridgehead atoms. The molecule has 0 heterocycles. The van der Waals surface area contributed by atoms with Crippen LogP contribution in [0.15, 0.2) is 0 Å². The number of unbranched alkanes of at least 4 members (excludes halogenated alkanes) is 7. The summed E-state index contributed by atoms with van der Waals surface area (Å²) >= 11 is 0. The minimum absolute atomic E-state index is 0.0387. The zero-order valence-electron chi connectivity index (χ0n) is 79.6. The first kappa shape index (κ1) is 118. The second-order valence-electron chi connectivity index (χ2n) is 36.3. The molecule has 0 spiro atoms. The molecule has 0 radical (unpaired) electrons. The zero-order valence-corrected chi connectivity index (χ0v) is 79.6. The molecule has 44 nitrogen and oxygen atoms in total. The maximum atomic E-state index is 17.7. The van der Waals surface area contributed by atoms with Crippen molar-refractivity contribution in [2.45, 2.75) is 283 Å². The van der Waals surface area contributed by atoms with Crippen molar-refractivity contribution in [2.75, 3.05) is 148 Å². The van der Waals surface area contributed by atoms with Crippen LogP contribution in [0.2, 0.25) is 0 Å². The monoisotopic (exact) mass is 1830 g/mol. The van der Waals surface area contributed by atoms with E-state index in [1.54, 1.807) is 139 Å². The minimum atomic E-state index is -2.33. The van der Waals surface area contributed by atoms with Crippen LogP contribution >= 0.6 is 0 Å². The minimum Gasteiger partial charge on any atom is -0.480 e. The van der Waals surface area contributed by atoms with E-state index < -0.39 is 237 Å². The van der Waals surface area contributed by atoms with Crippen LogP contribution in [0.5, 0.6) is 0 Å². The number of rotatable bonds is 60. The predicted molar refractivity (Wildman–Crippen MR) is 477 cm³/mol. The SMILES string of the molecule is CN(C)CCCC[C@H](NC(=O)OC(C)(C)C)C(=O)N(C(=O)[C@H](CCCCN(C)C)NC(=O)OC(C)(C)C)[C@@H](CCCCN)C(=O)N(C(=O)[C@H](CCCCN)N(C(=O)[C@H](CCCCN(C)C)NC(=O)OC(C)(C)C)C(=O)[C@H](CCCCN(C)C)NC(=O)OC(C)(C)C)[C@@H](CCCCN)C(=O)NCC(=O)NCC(=O)NCC(=O)NCC(=O)NCC(=O)NCC(=O)NCC(=O)O. The molecule has 18 N–H and O–H groups in total. The normalized spacial score (nSPS) is 13.3. The Kier molecular flexibility index (Phi) is 56.7. The van der Waals surface area contributed by atoms with Crippen molar-refractivity contribution in [3.8, 4) is 0 Å². The Bertz CT molecular complexity index is 3260. The molecule has 0 aliphatic rings. The third-order valence-electron chi connectivity index (χ3n) is 18.5. The van der Waals surface area contributed by atoms with Crippen LogP contribution in [-0.4, -0.2) is 359 Å². The Balaban J connectivity index is 10.0. The van der Waals surface area contributed by atoms with Gasteiger partial charge in [-0.3, -0.25) is 81.8 Å². The molecule has 0 unspecified atom stereocenters. The summed E-state index contributed by atoms with van der Waals surface area (Å²) in [5.41, 5.74) is 13.8. The Morgan fingerprint density at radius 2 is 0.461 bits per heavy atom. The van der Waals surface area contributed by atoms with E-state index >= 15 is 33.6 Å². The molecule has 0 aromatic carbocycles. The lowest BCUT2D eigenvalue weighted by molar-refractivity contribution is -0.168. The van der Waals surface area contributed by atoms with E-state index in [-0.39, 0.29) is 110 Å². The number of carbonyl (C=O) groups excluding carboxylic acids is 17. The molecule has 44 heteroatoms. The molecular weight excluding hydrogens is 1670 g/mol. The van der Waals surface area contributed by atoms with Crippen LogP contribution in [0.4, 0.5) is 19.2 Å². The van der Waals surface area contributed by atoms with Crippen molar-refractivity contribution in [3.63, 3.8) is 0 Å². The lowest BCUT2D eigenvalue weighted by atomic mass is 9.96. The highest BCUT2D eigenvalue weighted by Gasteiger charge is 2.51. The standard InChI is InChI=1S/C84H155N21O23/c1-81(2,3)125-77(121)95-56(35-24-31-45-99(13)14)71(115)104(72(116)57(36-25-32-46-100(15)16)96-78(122)126-82(4,5)6)61(40-22-29-43-86)75(119)103(60(39-21-28-42-85)70(114)94-54-68(111)92-52-66(109)90-50-64(107)88-49-63(106)89-51-65(108)91-53-67(110)93-55-69(112)113)76(120)62(41-23-30-44-87)105(73(117)58(37-26-33-47-101(17)18)97-79(123)127-83(7,8)9)74(118)59(38-27-34-48-102(19)20)98-80(124)128-84(10,11)12/h56-62H,21-55,85-87H2,1-20H3,(H,88,107)(H,89,106)(H,90,109)(H,91,108)(H,92,111)(H,93,110)(H,94,114)(H,95,121)(H,96,122)(H,97,123)(H,98,124)(H,112,113)/t56-,57-,58-,59-,60-,61-,62-/m0/s1. The molecule has 0 aromatic heterocycles. The summed E-state index contributed by atoms with van der Waals surface area (Å²) in [7, 11) is 14.4. The lowest BCUT2D eigenvalue weighted by Crippen LogP contribution is -2.67. The van der Waals surface area contributed by atoms with E-state index in [4.69, 9.17) is 41.3 Å². The van der Waals surface area contributed by atoms with Crippen molar-refractivity contribution >= 4 is 107 Å². The third-order valence-corrected chi connectivity index (χ3v) is 18.5. The van der Waals surface area contributed by atoms with Gasteiger partial charge in [-0.25, -0.2) is 19.2 Å². The first-order valence-corrected chi connectivity index (χ1v) is 43.9. The molecule has 0 aliphatic carbocycles. The van der Waals surface area contributed by atoms with E-state index in [0.717, 1.165) is 0 Å². The molecule has 7 atom stereocenters. The van der Waals surface area contributed by atoms with Crippen LogP contribution < -0.4 is 75.7 Å². The van der Waals surface area contributed by atoms with Gasteiger partial charge in [0.15, 0.2) is 0 Å². The summed E-state index contributed by atoms with van der Waals surface area (Å²) < 4.78 is 22.9. The van der Waals surface area contributed by atoms with E-state index in [9.17, 15) is 52.7 Å². The van der Waals surface area contributed by atoms with Gasteiger partial charge in [0.25, 0.3) is 35.4 Å². The highest BCUT2D eigenvalue weighted by molar-refractivity contribution is 6.12. The summed E-state index contributed by atoms with van der Waals surface area (Å²) in [5, 5.41) is 34.8. The van der Waals surface area contributed by atoms with Crippen LogP contribution in [0.3, 0.4) is 0 Å². The van der Waals surface area contributed by atoms with E-state index in [2.05, 4.69) is 53.2 Å². The number of nitrogens with zero attached hydrogens (tertiary/aromatic N) is 7. The Morgan fingerprint density at radius 3 is 0.664 bits per heavy atom. The van der Waals surface area contributed by atoms with E-state index in [1.165, 1.54) is 0 Å². The smallest absolute Gasteiger partial charge is 0.408 e. The number of carboxylic acid groups (broad SMARTS) is 1. The van der Waals surface area contributed by atoms with E-state index in [0.29, 0.717) is 66.6 Å². The summed E-state index contributed by atoms with van der Waals surface area (Å²) in [6.45, 7) is 14.9. The lowest BCUT2D eigenvalue weighted by Gasteiger charge is -2.41. The predicted octanol–water partition coefficient (Wildman–Crippen LogP) is -0.0564. The number of carbonyl (C=O) groups is 18. The molecule has 17 amide bonds. The van der Waals surface area contributed by atoms with Crippen LogP contribution in [0.25, 0.3) is 0 Å². The number of imide groups is 3. The number of aliphatic carboxylic acids is 1. The van der Waals surface area contributed by atoms with Crippen molar-refractivity contribution in [3.05, 3.63) is 0 Å². The van der Waals surface area contributed by atoms with Crippen molar-refractivity contribution in [1.82, 2.24) is 92.8 Å². The summed E-state index contributed by atoms with van der Waals surface area (Å²) in [5.74, 6) is -16.5. The molecule has 0 saturated heterocycles. The van der Waals surface area contributed by atoms with Gasteiger partial charge >= 0.3 is 30.3 Å². The van der Waals surface area contributed by atoms with Gasteiger partial charge in [-0.05, 0) is 320 Å². The number of amides is 17. The van der Waals surface area contributed by atoms with E-state index in [1.807, 2.05) is 24.9 Å². The molecule has 0 fully saturated rings. The quantitative estimate of drug-likeness (QED) is 0.0280. The average Bonchev–Trinajstić information content (AvgIpc) is 0.770. The van der Waals surface area contributed by atoms with Gasteiger partial charge in [0.05, 0.1) is 39.3 Å². The summed E-state index contributed by atoms with van der Waals surface area (Å²) in [6.07, 6.45) is -5.60. The van der Waals surface area contributed by atoms with Gasteiger partial charge in [0, 0.05) is 0 Å². The number of hydrogen-bond acceptors (Lipinski definition) is 29. The number of hydrogen-bond donors (Lipinski definition) is 15. The second kappa shape index (κ2) is 61.5. The zero-order chi connectivity index (χ0) is 97.8. The number of nitrogens with one attached hydrogen (secondary N) is 11. The highest BCUT2D eigenvalue weighted by atomic mass is 16.6. The summed E-state index contributed by atoms with van der Waals surface area (Å²) in [6, 6.07) is -14.0. The number of nitrogens with two attached hydrogens (primary N) is 3. The Labute approximate surface area is 755 Å². The van der Waals surface area contributed by atoms with Gasteiger partial charge in [-0.2, -0.15) is 0 Å². The van der Waals surface area contributed by atoms with Crippen LogP contribution in [0, 0.1) is 0 Å². The summed E-state index contributed by atoms with van der Waals surface area (Å²) in [4.78, 5) is 272. The third kappa shape index (κ3) is 54.3. The van der Waals surface area contributed by atoms with Gasteiger partial charge in [-0.1, -0.05) is 0 Å². The number of alkyl carbamates (subject to hydrolysis) is 4.